The van der Waals surface area contributed by atoms with Crippen molar-refractivity contribution >= 4 is 22.9 Å². The topological polar surface area (TPSA) is 54.0 Å². The minimum absolute atomic E-state index is 0.0627. The van der Waals surface area contributed by atoms with Crippen molar-refractivity contribution in [3.63, 3.8) is 0 Å². The molecule has 0 bridgehead atoms. The van der Waals surface area contributed by atoms with Crippen LogP contribution in [0.4, 0.5) is 5.69 Å². The van der Waals surface area contributed by atoms with Crippen molar-refractivity contribution in [2.75, 3.05) is 11.9 Å². The van der Waals surface area contributed by atoms with Crippen LogP contribution in [0.25, 0.3) is 0 Å². The van der Waals surface area contributed by atoms with Gasteiger partial charge < -0.3 is 10.6 Å². The third kappa shape index (κ3) is 2.76. The lowest BCUT2D eigenvalue weighted by atomic mass is 10.1. The maximum atomic E-state index is 12.1. The molecule has 0 aliphatic carbocycles. The molecule has 2 aromatic rings. The van der Waals surface area contributed by atoms with Gasteiger partial charge in [0.25, 0.3) is 0 Å². The summed E-state index contributed by atoms with van der Waals surface area (Å²) >= 11 is 1.62. The van der Waals surface area contributed by atoms with E-state index in [0.717, 1.165) is 23.5 Å². The third-order valence-corrected chi connectivity index (χ3v) is 4.05. The Balaban J connectivity index is 1.50. The average Bonchev–Trinajstić information content (AvgIpc) is 3.07. The van der Waals surface area contributed by atoms with Gasteiger partial charge in [0.2, 0.25) is 5.91 Å². The zero-order valence-electron chi connectivity index (χ0n) is 10.4. The lowest BCUT2D eigenvalue weighted by Crippen LogP contribution is -2.39. The molecule has 4 nitrogen and oxygen atoms in total. The highest BCUT2D eigenvalue weighted by Crippen LogP contribution is 2.24. The molecule has 0 saturated carbocycles. The van der Waals surface area contributed by atoms with Crippen LogP contribution in [-0.4, -0.2) is 23.5 Å². The van der Waals surface area contributed by atoms with Crippen LogP contribution in [0.15, 0.2) is 35.8 Å². The smallest absolute Gasteiger partial charge is 0.242 e. The second kappa shape index (κ2) is 5.40. The zero-order chi connectivity index (χ0) is 13.1. The minimum Gasteiger partial charge on any atom is -0.373 e. The van der Waals surface area contributed by atoms with Crippen molar-refractivity contribution in [1.82, 2.24) is 10.3 Å². The first-order valence-corrected chi connectivity index (χ1v) is 7.21. The minimum atomic E-state index is -0.145. The van der Waals surface area contributed by atoms with Crippen molar-refractivity contribution in [1.29, 1.82) is 0 Å². The van der Waals surface area contributed by atoms with E-state index in [0.29, 0.717) is 6.54 Å². The van der Waals surface area contributed by atoms with Gasteiger partial charge in [0.05, 0.1) is 5.01 Å². The van der Waals surface area contributed by atoms with Gasteiger partial charge in [0.1, 0.15) is 6.04 Å². The molecule has 1 aromatic heterocycles. The molecule has 0 radical (unpaired) electrons. The zero-order valence-corrected chi connectivity index (χ0v) is 11.2. The Labute approximate surface area is 115 Å². The van der Waals surface area contributed by atoms with E-state index in [4.69, 9.17) is 0 Å². The van der Waals surface area contributed by atoms with Gasteiger partial charge in [-0.05, 0) is 11.6 Å². The van der Waals surface area contributed by atoms with Crippen LogP contribution in [0.3, 0.4) is 0 Å². The Morgan fingerprint density at radius 2 is 2.37 bits per heavy atom. The molecule has 98 valence electrons. The van der Waals surface area contributed by atoms with E-state index in [9.17, 15) is 4.79 Å². The number of nitrogens with one attached hydrogen (secondary N) is 2. The molecule has 1 amide bonds. The highest BCUT2D eigenvalue weighted by Gasteiger charge is 2.25. The van der Waals surface area contributed by atoms with Crippen LogP contribution in [0.2, 0.25) is 0 Å². The Hall–Kier alpha value is -1.88. The van der Waals surface area contributed by atoms with Crippen LogP contribution in [0, 0.1) is 0 Å². The van der Waals surface area contributed by atoms with Crippen molar-refractivity contribution in [2.45, 2.75) is 18.9 Å². The predicted octanol–water partition coefficient (Wildman–Crippen LogP) is 1.84. The van der Waals surface area contributed by atoms with Gasteiger partial charge >= 0.3 is 0 Å². The molecule has 2 heterocycles. The van der Waals surface area contributed by atoms with E-state index in [1.165, 1.54) is 5.56 Å². The number of thiazole rings is 1. The summed E-state index contributed by atoms with van der Waals surface area (Å²) in [5.74, 6) is 0.0627. The van der Waals surface area contributed by atoms with Gasteiger partial charge in [-0.25, -0.2) is 4.98 Å². The Bertz CT molecular complexity index is 543. The molecule has 1 atom stereocenters. The molecule has 1 aromatic carbocycles. The summed E-state index contributed by atoms with van der Waals surface area (Å²) in [6.07, 6.45) is 3.35. The fourth-order valence-electron chi connectivity index (χ4n) is 2.25. The summed E-state index contributed by atoms with van der Waals surface area (Å²) in [6, 6.07) is 7.91. The lowest BCUT2D eigenvalue weighted by molar-refractivity contribution is -0.121. The molecular formula is C14H15N3OS. The van der Waals surface area contributed by atoms with E-state index >= 15 is 0 Å². The standard InChI is InChI=1S/C14H15N3OS/c18-14(16-6-5-13-15-7-8-19-13)12-9-10-3-1-2-4-11(10)17-12/h1-4,7-8,12,17H,5-6,9H2,(H,16,18). The number of fused-ring (bicyclic) bond motifs is 1. The number of rotatable bonds is 4. The summed E-state index contributed by atoms with van der Waals surface area (Å²) < 4.78 is 0. The van der Waals surface area contributed by atoms with Gasteiger partial charge in [-0.3, -0.25) is 4.79 Å². The Kier molecular flexibility index (Phi) is 3.46. The number of carbonyl (C=O) groups is 1. The summed E-state index contributed by atoms with van der Waals surface area (Å²) in [5, 5.41) is 9.22. The third-order valence-electron chi connectivity index (χ3n) is 3.21. The van der Waals surface area contributed by atoms with E-state index in [1.54, 1.807) is 17.5 Å². The first-order valence-electron chi connectivity index (χ1n) is 6.33. The fraction of sp³-hybridized carbons (Fsp3) is 0.286. The average molecular weight is 273 g/mol. The first kappa shape index (κ1) is 12.2. The van der Waals surface area contributed by atoms with E-state index < -0.39 is 0 Å². The summed E-state index contributed by atoms with van der Waals surface area (Å²) in [5.41, 5.74) is 2.28. The molecule has 1 aliphatic heterocycles. The number of para-hydroxylation sites is 1. The van der Waals surface area contributed by atoms with Gasteiger partial charge in [-0.2, -0.15) is 0 Å². The number of hydrogen-bond donors (Lipinski definition) is 2. The lowest BCUT2D eigenvalue weighted by Gasteiger charge is -2.11. The molecule has 19 heavy (non-hydrogen) atoms. The van der Waals surface area contributed by atoms with E-state index in [2.05, 4.69) is 21.7 Å². The second-order valence-electron chi connectivity index (χ2n) is 4.53. The number of hydrogen-bond acceptors (Lipinski definition) is 4. The number of nitrogens with zero attached hydrogens (tertiary/aromatic N) is 1. The van der Waals surface area contributed by atoms with Crippen LogP contribution >= 0.6 is 11.3 Å². The van der Waals surface area contributed by atoms with Crippen LogP contribution < -0.4 is 10.6 Å². The van der Waals surface area contributed by atoms with Gasteiger partial charge in [-0.1, -0.05) is 18.2 Å². The monoisotopic (exact) mass is 273 g/mol. The Morgan fingerprint density at radius 3 is 3.16 bits per heavy atom. The molecule has 1 aliphatic rings. The summed E-state index contributed by atoms with van der Waals surface area (Å²) in [4.78, 5) is 16.2. The fourth-order valence-corrected chi connectivity index (χ4v) is 2.87. The van der Waals surface area contributed by atoms with Crippen molar-refractivity contribution in [3.05, 3.63) is 46.4 Å². The van der Waals surface area contributed by atoms with E-state index in [1.807, 2.05) is 23.6 Å². The number of aromatic nitrogens is 1. The first-order chi connectivity index (χ1) is 9.33. The summed E-state index contributed by atoms with van der Waals surface area (Å²) in [6.45, 7) is 0.640. The Morgan fingerprint density at radius 1 is 1.47 bits per heavy atom. The molecule has 0 saturated heterocycles. The van der Waals surface area contributed by atoms with Crippen LogP contribution in [-0.2, 0) is 17.6 Å². The van der Waals surface area contributed by atoms with Crippen molar-refractivity contribution in [3.8, 4) is 0 Å². The molecule has 3 rings (SSSR count). The highest BCUT2D eigenvalue weighted by atomic mass is 32.1. The van der Waals surface area contributed by atoms with Gasteiger partial charge in [0, 0.05) is 36.7 Å². The van der Waals surface area contributed by atoms with Crippen LogP contribution in [0.5, 0.6) is 0 Å². The normalized spacial score (nSPS) is 16.7. The van der Waals surface area contributed by atoms with Gasteiger partial charge in [0.15, 0.2) is 0 Å². The number of carbonyl (C=O) groups excluding carboxylic acids is 1. The maximum Gasteiger partial charge on any atom is 0.242 e. The van der Waals surface area contributed by atoms with Crippen molar-refractivity contribution in [2.24, 2.45) is 0 Å². The molecule has 5 heteroatoms. The molecular weight excluding hydrogens is 258 g/mol. The SMILES string of the molecule is O=C(NCCc1nccs1)C1Cc2ccccc2N1. The molecule has 0 spiro atoms. The highest BCUT2D eigenvalue weighted by molar-refractivity contribution is 7.09. The van der Waals surface area contributed by atoms with Crippen LogP contribution in [0.1, 0.15) is 10.6 Å². The largest absolute Gasteiger partial charge is 0.373 e. The van der Waals surface area contributed by atoms with Crippen molar-refractivity contribution < 1.29 is 4.79 Å². The molecule has 1 unspecified atom stereocenters. The molecule has 2 N–H and O–H groups in total. The quantitative estimate of drug-likeness (QED) is 0.893. The number of anilines is 1. The number of benzene rings is 1. The van der Waals surface area contributed by atoms with E-state index in [-0.39, 0.29) is 11.9 Å². The maximum absolute atomic E-state index is 12.1. The number of amides is 1. The van der Waals surface area contributed by atoms with Gasteiger partial charge in [-0.15, -0.1) is 11.3 Å². The molecule has 0 fully saturated rings. The predicted molar refractivity (Wildman–Crippen MR) is 76.4 cm³/mol. The second-order valence-corrected chi connectivity index (χ2v) is 5.50. The summed E-state index contributed by atoms with van der Waals surface area (Å²) in [7, 11) is 0.